The third-order valence-electron chi connectivity index (χ3n) is 4.14. The number of hydrogen-bond donors (Lipinski definition) is 2. The molecule has 1 saturated heterocycles. The number of para-hydroxylation sites is 1. The Morgan fingerprint density at radius 3 is 2.90 bits per heavy atom. The van der Waals surface area contributed by atoms with Crippen LogP contribution in [-0.2, 0) is 0 Å². The highest BCUT2D eigenvalue weighted by Gasteiger charge is 2.26. The van der Waals surface area contributed by atoms with E-state index in [4.69, 9.17) is 11.5 Å². The van der Waals surface area contributed by atoms with Crippen LogP contribution in [0.25, 0.3) is 10.9 Å². The molecule has 2 aromatic rings. The second-order valence-electron chi connectivity index (χ2n) is 5.50. The van der Waals surface area contributed by atoms with Crippen LogP contribution in [0.4, 0.5) is 5.82 Å². The Balaban J connectivity index is 2.14. The van der Waals surface area contributed by atoms with Gasteiger partial charge in [0.05, 0.1) is 11.1 Å². The number of aromatic nitrogens is 1. The second kappa shape index (κ2) is 5.69. The second-order valence-corrected chi connectivity index (χ2v) is 5.50. The van der Waals surface area contributed by atoms with E-state index in [1.54, 1.807) is 0 Å². The van der Waals surface area contributed by atoms with Gasteiger partial charge < -0.3 is 16.4 Å². The van der Waals surface area contributed by atoms with Gasteiger partial charge in [-0.3, -0.25) is 4.79 Å². The molecule has 21 heavy (non-hydrogen) atoms. The summed E-state index contributed by atoms with van der Waals surface area (Å²) in [6, 6.07) is 9.82. The van der Waals surface area contributed by atoms with E-state index in [9.17, 15) is 4.79 Å². The number of fused-ring (bicyclic) bond motifs is 1. The van der Waals surface area contributed by atoms with Crippen molar-refractivity contribution in [3.63, 3.8) is 0 Å². The van der Waals surface area contributed by atoms with Gasteiger partial charge in [-0.05, 0) is 31.4 Å². The zero-order valence-electron chi connectivity index (χ0n) is 12.0. The maximum absolute atomic E-state index is 11.8. The molecule has 1 aliphatic heterocycles. The molecule has 0 radical (unpaired) electrons. The van der Waals surface area contributed by atoms with Crippen molar-refractivity contribution >= 4 is 22.6 Å². The number of pyridine rings is 1. The molecule has 0 saturated carbocycles. The topological polar surface area (TPSA) is 85.2 Å². The van der Waals surface area contributed by atoms with Crippen LogP contribution in [0.2, 0.25) is 0 Å². The van der Waals surface area contributed by atoms with Crippen LogP contribution in [-0.4, -0.2) is 30.0 Å². The maximum atomic E-state index is 11.8. The molecule has 1 aromatic heterocycles. The van der Waals surface area contributed by atoms with Crippen molar-refractivity contribution in [3.05, 3.63) is 35.9 Å². The summed E-state index contributed by atoms with van der Waals surface area (Å²) in [7, 11) is 0. The summed E-state index contributed by atoms with van der Waals surface area (Å²) in [5.41, 5.74) is 12.8. The minimum atomic E-state index is -0.440. The smallest absolute Gasteiger partial charge is 0.252 e. The Labute approximate surface area is 123 Å². The quantitative estimate of drug-likeness (QED) is 0.897. The predicted molar refractivity (Wildman–Crippen MR) is 84.3 cm³/mol. The van der Waals surface area contributed by atoms with Crippen LogP contribution in [0.15, 0.2) is 30.3 Å². The summed E-state index contributed by atoms with van der Waals surface area (Å²) in [4.78, 5) is 18.7. The summed E-state index contributed by atoms with van der Waals surface area (Å²) in [5, 5.41) is 0.927. The van der Waals surface area contributed by atoms with Crippen LogP contribution < -0.4 is 16.4 Å². The van der Waals surface area contributed by atoms with E-state index < -0.39 is 5.91 Å². The Morgan fingerprint density at radius 2 is 2.14 bits per heavy atom. The number of rotatable bonds is 3. The Morgan fingerprint density at radius 1 is 1.33 bits per heavy atom. The predicted octanol–water partition coefficient (Wildman–Crippen LogP) is 1.65. The summed E-state index contributed by atoms with van der Waals surface area (Å²) < 4.78 is 0. The van der Waals surface area contributed by atoms with E-state index in [-0.39, 0.29) is 6.04 Å². The number of carbonyl (C=O) groups excluding carboxylic acids is 1. The normalized spacial score (nSPS) is 18.9. The summed E-state index contributed by atoms with van der Waals surface area (Å²) in [6.45, 7) is 1.43. The standard InChI is InChI=1S/C16H20N4O/c17-10-12-6-3-4-8-20(12)16-13(15(18)21)9-11-5-1-2-7-14(11)19-16/h1-2,5,7,9,12H,3-4,6,8,10,17H2,(H2,18,21). The number of carbonyl (C=O) groups is 1. The number of nitrogens with zero attached hydrogens (tertiary/aromatic N) is 2. The van der Waals surface area contributed by atoms with Crippen LogP contribution in [0.1, 0.15) is 29.6 Å². The van der Waals surface area contributed by atoms with Gasteiger partial charge in [0.15, 0.2) is 0 Å². The SMILES string of the molecule is NCC1CCCCN1c1nc2ccccc2cc1C(N)=O. The van der Waals surface area contributed by atoms with Crippen LogP contribution in [0, 0.1) is 0 Å². The van der Waals surface area contributed by atoms with Crippen molar-refractivity contribution in [2.75, 3.05) is 18.0 Å². The molecule has 1 atom stereocenters. The number of anilines is 1. The molecule has 1 aliphatic rings. The molecule has 1 amide bonds. The highest BCUT2D eigenvalue weighted by atomic mass is 16.1. The molecule has 2 heterocycles. The first-order chi connectivity index (χ1) is 10.2. The fraction of sp³-hybridized carbons (Fsp3) is 0.375. The first-order valence-corrected chi connectivity index (χ1v) is 7.37. The highest BCUT2D eigenvalue weighted by Crippen LogP contribution is 2.28. The maximum Gasteiger partial charge on any atom is 0.252 e. The zero-order chi connectivity index (χ0) is 14.8. The number of nitrogens with two attached hydrogens (primary N) is 2. The van der Waals surface area contributed by atoms with E-state index in [0.29, 0.717) is 17.9 Å². The fourth-order valence-corrected chi connectivity index (χ4v) is 3.03. The number of hydrogen-bond acceptors (Lipinski definition) is 4. The largest absolute Gasteiger partial charge is 0.365 e. The molecule has 1 unspecified atom stereocenters. The van der Waals surface area contributed by atoms with E-state index in [2.05, 4.69) is 9.88 Å². The Kier molecular flexibility index (Phi) is 3.75. The van der Waals surface area contributed by atoms with Gasteiger partial charge in [0.2, 0.25) is 0 Å². The van der Waals surface area contributed by atoms with Crippen LogP contribution in [0.5, 0.6) is 0 Å². The van der Waals surface area contributed by atoms with Crippen molar-refractivity contribution in [1.29, 1.82) is 0 Å². The minimum Gasteiger partial charge on any atom is -0.365 e. The Bertz CT molecular complexity index is 670. The average molecular weight is 284 g/mol. The molecule has 4 N–H and O–H groups in total. The van der Waals surface area contributed by atoms with Crippen molar-refractivity contribution in [3.8, 4) is 0 Å². The molecule has 0 bridgehead atoms. The lowest BCUT2D eigenvalue weighted by atomic mass is 10.0. The summed E-state index contributed by atoms with van der Waals surface area (Å²) >= 11 is 0. The van der Waals surface area contributed by atoms with E-state index >= 15 is 0 Å². The lowest BCUT2D eigenvalue weighted by Crippen LogP contribution is -2.45. The fourth-order valence-electron chi connectivity index (χ4n) is 3.03. The van der Waals surface area contributed by atoms with Crippen molar-refractivity contribution in [2.45, 2.75) is 25.3 Å². The van der Waals surface area contributed by atoms with Gasteiger partial charge in [0, 0.05) is 24.5 Å². The lowest BCUT2D eigenvalue weighted by Gasteiger charge is -2.36. The highest BCUT2D eigenvalue weighted by molar-refractivity contribution is 6.01. The van der Waals surface area contributed by atoms with E-state index in [1.807, 2.05) is 30.3 Å². The third-order valence-corrected chi connectivity index (χ3v) is 4.14. The molecule has 5 heteroatoms. The molecule has 3 rings (SSSR count). The molecule has 0 spiro atoms. The van der Waals surface area contributed by atoms with Crippen molar-refractivity contribution in [1.82, 2.24) is 4.98 Å². The van der Waals surface area contributed by atoms with Crippen LogP contribution >= 0.6 is 0 Å². The number of primary amides is 1. The molecule has 5 nitrogen and oxygen atoms in total. The monoisotopic (exact) mass is 284 g/mol. The minimum absolute atomic E-state index is 0.227. The van der Waals surface area contributed by atoms with Gasteiger partial charge in [-0.15, -0.1) is 0 Å². The molecule has 0 aliphatic carbocycles. The number of benzene rings is 1. The van der Waals surface area contributed by atoms with Crippen molar-refractivity contribution < 1.29 is 4.79 Å². The van der Waals surface area contributed by atoms with Crippen LogP contribution in [0.3, 0.4) is 0 Å². The van der Waals surface area contributed by atoms with E-state index in [0.717, 1.165) is 36.7 Å². The summed E-state index contributed by atoms with van der Waals surface area (Å²) in [5.74, 6) is 0.237. The third kappa shape index (κ3) is 2.56. The molecule has 1 aromatic carbocycles. The molecular weight excluding hydrogens is 264 g/mol. The molecule has 110 valence electrons. The van der Waals surface area contributed by atoms with Gasteiger partial charge in [0.25, 0.3) is 5.91 Å². The van der Waals surface area contributed by atoms with Gasteiger partial charge in [-0.1, -0.05) is 18.2 Å². The zero-order valence-corrected chi connectivity index (χ0v) is 12.0. The Hall–Kier alpha value is -2.14. The van der Waals surface area contributed by atoms with Gasteiger partial charge in [-0.25, -0.2) is 4.98 Å². The first-order valence-electron chi connectivity index (χ1n) is 7.37. The van der Waals surface area contributed by atoms with Crippen molar-refractivity contribution in [2.24, 2.45) is 11.5 Å². The molecule has 1 fully saturated rings. The molecular formula is C16H20N4O. The summed E-state index contributed by atoms with van der Waals surface area (Å²) in [6.07, 6.45) is 3.28. The first kappa shape index (κ1) is 13.8. The number of piperidine rings is 1. The van der Waals surface area contributed by atoms with Gasteiger partial charge in [-0.2, -0.15) is 0 Å². The number of amides is 1. The van der Waals surface area contributed by atoms with E-state index in [1.165, 1.54) is 0 Å². The van der Waals surface area contributed by atoms with Gasteiger partial charge >= 0.3 is 0 Å². The average Bonchev–Trinajstić information content (AvgIpc) is 2.53. The van der Waals surface area contributed by atoms with Gasteiger partial charge in [0.1, 0.15) is 5.82 Å². The lowest BCUT2D eigenvalue weighted by molar-refractivity contribution is 0.100.